The van der Waals surface area contributed by atoms with E-state index in [2.05, 4.69) is 64.2 Å². The minimum Gasteiger partial charge on any atom is -0.356 e. The Morgan fingerprint density at radius 3 is 2.58 bits per heavy atom. The fraction of sp³-hybridized carbons (Fsp3) is 0.346. The maximum Gasteiger partial charge on any atom is 0.246 e. The number of amides is 1. The number of carbonyl (C=O) groups is 1. The summed E-state index contributed by atoms with van der Waals surface area (Å²) < 4.78 is 1.59. The maximum absolute atomic E-state index is 12.2. The van der Waals surface area contributed by atoms with Crippen molar-refractivity contribution in [1.29, 1.82) is 0 Å². The summed E-state index contributed by atoms with van der Waals surface area (Å²) in [5, 5.41) is 13.7. The number of hydrogen-bond donors (Lipinski definition) is 3. The summed E-state index contributed by atoms with van der Waals surface area (Å²) in [7, 11) is 1.77. The van der Waals surface area contributed by atoms with Gasteiger partial charge in [-0.25, -0.2) is 0 Å². The number of nitrogens with zero attached hydrogens (tertiary/aromatic N) is 3. The van der Waals surface area contributed by atoms with E-state index in [4.69, 9.17) is 0 Å². The Balaban J connectivity index is 1.40. The SMILES string of the molecule is CN=C(NCCCc1ccc(C(C)C)cc1)NCc1cccc(NC(=O)Cn2cccn2)c1. The maximum atomic E-state index is 12.2. The number of benzene rings is 2. The molecule has 0 fully saturated rings. The molecule has 0 aliphatic carbocycles. The second kappa shape index (κ2) is 12.4. The van der Waals surface area contributed by atoms with Gasteiger partial charge in [0, 0.05) is 38.2 Å². The zero-order chi connectivity index (χ0) is 23.5. The van der Waals surface area contributed by atoms with Gasteiger partial charge in [-0.3, -0.25) is 14.5 Å². The van der Waals surface area contributed by atoms with Crippen molar-refractivity contribution in [3.05, 3.63) is 83.7 Å². The Morgan fingerprint density at radius 1 is 1.06 bits per heavy atom. The summed E-state index contributed by atoms with van der Waals surface area (Å²) in [6, 6.07) is 18.5. The summed E-state index contributed by atoms with van der Waals surface area (Å²) in [5.74, 6) is 1.22. The van der Waals surface area contributed by atoms with E-state index >= 15 is 0 Å². The molecular formula is C26H34N6O. The van der Waals surface area contributed by atoms with Gasteiger partial charge in [-0.2, -0.15) is 5.10 Å². The number of guanidine groups is 1. The van der Waals surface area contributed by atoms with Gasteiger partial charge in [0.05, 0.1) is 0 Å². The van der Waals surface area contributed by atoms with Crippen LogP contribution in [0.1, 0.15) is 42.9 Å². The van der Waals surface area contributed by atoms with Crippen LogP contribution in [0.15, 0.2) is 72.0 Å². The topological polar surface area (TPSA) is 83.3 Å². The Labute approximate surface area is 196 Å². The summed E-state index contributed by atoms with van der Waals surface area (Å²) in [4.78, 5) is 16.5. The third-order valence-corrected chi connectivity index (χ3v) is 5.34. The van der Waals surface area contributed by atoms with E-state index < -0.39 is 0 Å². The van der Waals surface area contributed by atoms with Gasteiger partial charge in [0.2, 0.25) is 5.91 Å². The van der Waals surface area contributed by atoms with Crippen molar-refractivity contribution in [2.24, 2.45) is 4.99 Å². The van der Waals surface area contributed by atoms with Crippen LogP contribution in [0.4, 0.5) is 5.69 Å². The van der Waals surface area contributed by atoms with E-state index in [0.717, 1.165) is 36.6 Å². The van der Waals surface area contributed by atoms with Gasteiger partial charge >= 0.3 is 0 Å². The van der Waals surface area contributed by atoms with Crippen molar-refractivity contribution in [3.8, 4) is 0 Å². The number of hydrogen-bond acceptors (Lipinski definition) is 3. The van der Waals surface area contributed by atoms with E-state index in [9.17, 15) is 4.79 Å². The molecule has 0 radical (unpaired) electrons. The second-order valence-corrected chi connectivity index (χ2v) is 8.30. The van der Waals surface area contributed by atoms with Gasteiger partial charge < -0.3 is 16.0 Å². The Morgan fingerprint density at radius 2 is 1.88 bits per heavy atom. The molecule has 3 rings (SSSR count). The van der Waals surface area contributed by atoms with Crippen LogP contribution in [0.5, 0.6) is 0 Å². The Kier molecular flexibility index (Phi) is 9.06. The van der Waals surface area contributed by atoms with E-state index in [1.54, 1.807) is 30.2 Å². The van der Waals surface area contributed by atoms with Crippen LogP contribution in [0.25, 0.3) is 0 Å². The highest BCUT2D eigenvalue weighted by molar-refractivity contribution is 5.90. The van der Waals surface area contributed by atoms with Crippen molar-refractivity contribution in [3.63, 3.8) is 0 Å². The van der Waals surface area contributed by atoms with Crippen molar-refractivity contribution < 1.29 is 4.79 Å². The molecule has 33 heavy (non-hydrogen) atoms. The molecule has 174 valence electrons. The van der Waals surface area contributed by atoms with Crippen LogP contribution < -0.4 is 16.0 Å². The first-order valence-corrected chi connectivity index (χ1v) is 11.4. The Hall–Kier alpha value is -3.61. The molecule has 0 saturated heterocycles. The molecule has 7 nitrogen and oxygen atoms in total. The fourth-order valence-electron chi connectivity index (χ4n) is 3.48. The molecule has 0 atom stereocenters. The van der Waals surface area contributed by atoms with Crippen LogP contribution >= 0.6 is 0 Å². The highest BCUT2D eigenvalue weighted by Gasteiger charge is 2.05. The molecule has 0 unspecified atom stereocenters. The lowest BCUT2D eigenvalue weighted by Gasteiger charge is -2.13. The van der Waals surface area contributed by atoms with Crippen LogP contribution in [-0.2, 0) is 24.3 Å². The van der Waals surface area contributed by atoms with E-state index in [1.807, 2.05) is 24.3 Å². The minimum absolute atomic E-state index is 0.111. The molecule has 0 bridgehead atoms. The van der Waals surface area contributed by atoms with Crippen molar-refractivity contribution >= 4 is 17.6 Å². The van der Waals surface area contributed by atoms with Gasteiger partial charge in [-0.15, -0.1) is 0 Å². The number of rotatable bonds is 10. The lowest BCUT2D eigenvalue weighted by atomic mass is 10.0. The van der Waals surface area contributed by atoms with Crippen LogP contribution in [0.2, 0.25) is 0 Å². The summed E-state index contributed by atoms with van der Waals surface area (Å²) in [6.07, 6.45) is 5.48. The van der Waals surface area contributed by atoms with Crippen LogP contribution in [0, 0.1) is 0 Å². The molecule has 7 heteroatoms. The third-order valence-electron chi connectivity index (χ3n) is 5.34. The van der Waals surface area contributed by atoms with Crippen LogP contribution in [-0.4, -0.2) is 35.2 Å². The first-order valence-electron chi connectivity index (χ1n) is 11.4. The first kappa shape index (κ1) is 24.0. The number of nitrogens with one attached hydrogen (secondary N) is 3. The minimum atomic E-state index is -0.111. The molecule has 1 amide bonds. The number of aromatic nitrogens is 2. The summed E-state index contributed by atoms with van der Waals surface area (Å²) in [6.45, 7) is 6.07. The quantitative estimate of drug-likeness (QED) is 0.250. The summed E-state index contributed by atoms with van der Waals surface area (Å²) >= 11 is 0. The van der Waals surface area contributed by atoms with Crippen molar-refractivity contribution in [2.45, 2.75) is 45.7 Å². The largest absolute Gasteiger partial charge is 0.356 e. The average molecular weight is 447 g/mol. The molecule has 0 aliphatic heterocycles. The van der Waals surface area contributed by atoms with E-state index in [0.29, 0.717) is 12.5 Å². The normalized spacial score (nSPS) is 11.5. The predicted octanol–water partition coefficient (Wildman–Crippen LogP) is 3.94. The van der Waals surface area contributed by atoms with Gasteiger partial charge in [-0.1, -0.05) is 50.2 Å². The molecule has 2 aromatic carbocycles. The number of anilines is 1. The summed E-state index contributed by atoms with van der Waals surface area (Å²) in [5.41, 5.74) is 4.55. The lowest BCUT2D eigenvalue weighted by Crippen LogP contribution is -2.37. The molecule has 1 heterocycles. The monoisotopic (exact) mass is 446 g/mol. The molecule has 3 aromatic rings. The molecule has 3 N–H and O–H groups in total. The zero-order valence-electron chi connectivity index (χ0n) is 19.7. The number of aliphatic imine (C=N–C) groups is 1. The average Bonchev–Trinajstić information content (AvgIpc) is 3.32. The second-order valence-electron chi connectivity index (χ2n) is 8.30. The lowest BCUT2D eigenvalue weighted by molar-refractivity contribution is -0.116. The van der Waals surface area contributed by atoms with Crippen molar-refractivity contribution in [2.75, 3.05) is 18.9 Å². The highest BCUT2D eigenvalue weighted by Crippen LogP contribution is 2.15. The molecule has 0 saturated carbocycles. The molecular weight excluding hydrogens is 412 g/mol. The fourth-order valence-corrected chi connectivity index (χ4v) is 3.48. The van der Waals surface area contributed by atoms with Crippen molar-refractivity contribution in [1.82, 2.24) is 20.4 Å². The predicted molar refractivity (Wildman–Crippen MR) is 134 cm³/mol. The zero-order valence-corrected chi connectivity index (χ0v) is 19.7. The Bertz CT molecular complexity index is 1030. The smallest absolute Gasteiger partial charge is 0.246 e. The van der Waals surface area contributed by atoms with Gasteiger partial charge in [0.25, 0.3) is 0 Å². The number of carbonyl (C=O) groups excluding carboxylic acids is 1. The number of aryl methyl sites for hydroxylation is 1. The van der Waals surface area contributed by atoms with Crippen LogP contribution in [0.3, 0.4) is 0 Å². The first-order chi connectivity index (χ1) is 16.0. The van der Waals surface area contributed by atoms with Gasteiger partial charge in [0.1, 0.15) is 6.54 Å². The highest BCUT2D eigenvalue weighted by atomic mass is 16.2. The van der Waals surface area contributed by atoms with Gasteiger partial charge in [0.15, 0.2) is 5.96 Å². The third kappa shape index (κ3) is 8.11. The standard InChI is InChI=1S/C26H34N6O/c1-20(2)23-12-10-21(11-13-23)8-5-14-28-26(27-3)29-18-22-7-4-9-24(17-22)31-25(33)19-32-16-6-15-30-32/h4,6-7,9-13,15-17,20H,5,8,14,18-19H2,1-3H3,(H,31,33)(H2,27,28,29). The van der Waals surface area contributed by atoms with E-state index in [-0.39, 0.29) is 12.5 Å². The van der Waals surface area contributed by atoms with Gasteiger partial charge in [-0.05, 0) is 53.6 Å². The molecule has 1 aromatic heterocycles. The van der Waals surface area contributed by atoms with E-state index in [1.165, 1.54) is 11.1 Å². The molecule has 0 aliphatic rings. The molecule has 0 spiro atoms.